The molecule has 0 aromatic rings. The van der Waals surface area contributed by atoms with Crippen molar-refractivity contribution in [2.24, 2.45) is 11.8 Å². The lowest BCUT2D eigenvalue weighted by Crippen LogP contribution is -2.30. The average molecular weight is 1020 g/mol. The van der Waals surface area contributed by atoms with Crippen molar-refractivity contribution in [2.45, 2.75) is 381 Å². The zero-order valence-electron chi connectivity index (χ0n) is 49.6. The van der Waals surface area contributed by atoms with Crippen LogP contribution >= 0.6 is 0 Å². The second-order valence-corrected chi connectivity index (χ2v) is 23.5. The predicted octanol–water partition coefficient (Wildman–Crippen LogP) is 22.0. The van der Waals surface area contributed by atoms with Gasteiger partial charge in [0.05, 0.1) is 0 Å². The lowest BCUT2D eigenvalue weighted by atomic mass is 9.99. The van der Waals surface area contributed by atoms with Gasteiger partial charge in [0.2, 0.25) is 0 Å². The van der Waals surface area contributed by atoms with Crippen molar-refractivity contribution in [1.29, 1.82) is 0 Å². The van der Waals surface area contributed by atoms with Crippen molar-refractivity contribution >= 4 is 17.9 Å². The van der Waals surface area contributed by atoms with Gasteiger partial charge in [-0.2, -0.15) is 0 Å². The van der Waals surface area contributed by atoms with Crippen LogP contribution in [0.2, 0.25) is 0 Å². The number of carbonyl (C=O) groups excluding carboxylic acids is 3. The number of ether oxygens (including phenoxy) is 3. The van der Waals surface area contributed by atoms with E-state index in [1.54, 1.807) is 0 Å². The van der Waals surface area contributed by atoms with Crippen LogP contribution in [-0.2, 0) is 28.6 Å². The lowest BCUT2D eigenvalue weighted by molar-refractivity contribution is -0.167. The first kappa shape index (κ1) is 70.4. The van der Waals surface area contributed by atoms with Crippen molar-refractivity contribution in [3.63, 3.8) is 0 Å². The molecule has 0 aliphatic rings. The van der Waals surface area contributed by atoms with E-state index in [4.69, 9.17) is 14.2 Å². The highest BCUT2D eigenvalue weighted by Crippen LogP contribution is 2.19. The molecule has 0 spiro atoms. The molecule has 0 aliphatic heterocycles. The fraction of sp³-hybridized carbons (Fsp3) is 0.955. The van der Waals surface area contributed by atoms with E-state index < -0.39 is 6.10 Å². The third-order valence-electron chi connectivity index (χ3n) is 15.6. The molecule has 2 atom stereocenters. The van der Waals surface area contributed by atoms with Crippen LogP contribution in [0.15, 0.2) is 0 Å². The Hall–Kier alpha value is -1.59. The quantitative estimate of drug-likeness (QED) is 0.0343. The van der Waals surface area contributed by atoms with Crippen LogP contribution in [0.4, 0.5) is 0 Å². The maximum atomic E-state index is 12.9. The topological polar surface area (TPSA) is 78.9 Å². The molecule has 6 heteroatoms. The van der Waals surface area contributed by atoms with Gasteiger partial charge in [-0.15, -0.1) is 0 Å². The highest BCUT2D eigenvalue weighted by molar-refractivity contribution is 5.71. The van der Waals surface area contributed by atoms with Crippen molar-refractivity contribution in [1.82, 2.24) is 0 Å². The Morgan fingerprint density at radius 2 is 0.528 bits per heavy atom. The molecule has 0 saturated carbocycles. The van der Waals surface area contributed by atoms with Gasteiger partial charge in [-0.05, 0) is 31.1 Å². The number of unbranched alkanes of at least 4 members (excludes halogenated alkanes) is 44. The average Bonchev–Trinajstić information content (AvgIpc) is 3.37. The maximum Gasteiger partial charge on any atom is 0.306 e. The summed E-state index contributed by atoms with van der Waals surface area (Å²) >= 11 is 0. The molecular weight excluding hydrogens is 889 g/mol. The number of esters is 3. The number of hydrogen-bond donors (Lipinski definition) is 0. The summed E-state index contributed by atoms with van der Waals surface area (Å²) in [6.45, 7) is 11.5. The summed E-state index contributed by atoms with van der Waals surface area (Å²) in [6, 6.07) is 0. The second kappa shape index (κ2) is 58.7. The van der Waals surface area contributed by atoms with E-state index in [1.165, 1.54) is 263 Å². The zero-order chi connectivity index (χ0) is 52.5. The van der Waals surface area contributed by atoms with Crippen LogP contribution < -0.4 is 0 Å². The molecule has 0 rings (SSSR count). The van der Waals surface area contributed by atoms with Crippen LogP contribution in [0, 0.1) is 11.8 Å². The van der Waals surface area contributed by atoms with E-state index in [0.29, 0.717) is 19.3 Å². The lowest BCUT2D eigenvalue weighted by Gasteiger charge is -2.18. The van der Waals surface area contributed by atoms with Crippen molar-refractivity contribution in [3.05, 3.63) is 0 Å². The van der Waals surface area contributed by atoms with E-state index in [2.05, 4.69) is 34.6 Å². The first-order chi connectivity index (χ1) is 35.3. The number of carbonyl (C=O) groups is 3. The summed E-state index contributed by atoms with van der Waals surface area (Å²) in [7, 11) is 0. The molecule has 0 aromatic carbocycles. The van der Waals surface area contributed by atoms with Crippen LogP contribution in [0.1, 0.15) is 375 Å². The predicted molar refractivity (Wildman–Crippen MR) is 312 cm³/mol. The molecule has 0 bridgehead atoms. The molecule has 1 unspecified atom stereocenters. The van der Waals surface area contributed by atoms with Crippen molar-refractivity contribution in [2.75, 3.05) is 13.2 Å². The van der Waals surface area contributed by atoms with Crippen molar-refractivity contribution in [3.8, 4) is 0 Å². The maximum absolute atomic E-state index is 12.9. The molecule has 6 nitrogen and oxygen atoms in total. The minimum absolute atomic E-state index is 0.0616. The van der Waals surface area contributed by atoms with Gasteiger partial charge >= 0.3 is 17.9 Å². The van der Waals surface area contributed by atoms with Gasteiger partial charge < -0.3 is 14.2 Å². The normalized spacial score (nSPS) is 12.4. The Bertz CT molecular complexity index is 1110. The molecule has 0 aromatic heterocycles. The van der Waals surface area contributed by atoms with E-state index >= 15 is 0 Å². The van der Waals surface area contributed by atoms with Crippen LogP contribution in [0.5, 0.6) is 0 Å². The fourth-order valence-electron chi connectivity index (χ4n) is 10.3. The molecule has 0 heterocycles. The molecule has 0 aliphatic carbocycles. The molecule has 72 heavy (non-hydrogen) atoms. The largest absolute Gasteiger partial charge is 0.462 e. The van der Waals surface area contributed by atoms with Gasteiger partial charge in [-0.3, -0.25) is 14.4 Å². The van der Waals surface area contributed by atoms with Gasteiger partial charge in [-0.1, -0.05) is 336 Å². The summed E-state index contributed by atoms with van der Waals surface area (Å²) in [5, 5.41) is 0. The summed E-state index contributed by atoms with van der Waals surface area (Å²) in [5.74, 6) is 0.920. The first-order valence-corrected chi connectivity index (χ1v) is 32.8. The minimum atomic E-state index is -0.764. The first-order valence-electron chi connectivity index (χ1n) is 32.8. The Labute approximate surface area is 450 Å². The van der Waals surface area contributed by atoms with E-state index in [0.717, 1.165) is 69.6 Å². The Balaban J connectivity index is 4.29. The van der Waals surface area contributed by atoms with Gasteiger partial charge in [0, 0.05) is 19.3 Å². The van der Waals surface area contributed by atoms with E-state index in [-0.39, 0.29) is 31.1 Å². The Morgan fingerprint density at radius 3 is 0.792 bits per heavy atom. The molecular formula is C66H128O6. The van der Waals surface area contributed by atoms with Crippen LogP contribution in [-0.4, -0.2) is 37.2 Å². The van der Waals surface area contributed by atoms with Crippen LogP contribution in [0.3, 0.4) is 0 Å². The molecule has 0 N–H and O–H groups in total. The monoisotopic (exact) mass is 1020 g/mol. The fourth-order valence-corrected chi connectivity index (χ4v) is 10.3. The summed E-state index contributed by atoms with van der Waals surface area (Å²) < 4.78 is 17.0. The highest BCUT2D eigenvalue weighted by Gasteiger charge is 2.19. The Kier molecular flexibility index (Phi) is 57.4. The van der Waals surface area contributed by atoms with E-state index in [9.17, 15) is 14.4 Å². The number of rotatable bonds is 60. The molecule has 0 amide bonds. The van der Waals surface area contributed by atoms with Gasteiger partial charge in [-0.25, -0.2) is 0 Å². The third-order valence-corrected chi connectivity index (χ3v) is 15.6. The molecule has 0 fully saturated rings. The minimum Gasteiger partial charge on any atom is -0.462 e. The smallest absolute Gasteiger partial charge is 0.306 e. The standard InChI is InChI=1S/C66H128O6/c1-6-8-9-10-11-12-13-14-15-16-21-28-33-38-43-48-53-58-66(69)72-63(60-71-65(68)57-52-47-42-37-32-27-23-22-25-30-35-40-45-50-55-62(5)7-2)59-70-64(67)56-51-46-41-36-31-26-20-18-17-19-24-29-34-39-44-49-54-61(3)4/h61-63H,6-60H2,1-5H3/t62?,63-/m1/s1. The van der Waals surface area contributed by atoms with Crippen LogP contribution in [0.25, 0.3) is 0 Å². The van der Waals surface area contributed by atoms with E-state index in [1.807, 2.05) is 0 Å². The summed E-state index contributed by atoms with van der Waals surface area (Å²) in [5.41, 5.74) is 0. The molecule has 0 radical (unpaired) electrons. The van der Waals surface area contributed by atoms with Gasteiger partial charge in [0.1, 0.15) is 13.2 Å². The van der Waals surface area contributed by atoms with Crippen molar-refractivity contribution < 1.29 is 28.6 Å². The highest BCUT2D eigenvalue weighted by atomic mass is 16.6. The molecule has 428 valence electrons. The zero-order valence-corrected chi connectivity index (χ0v) is 49.6. The SMILES string of the molecule is CCCCCCCCCCCCCCCCCCCC(=O)O[C@H](COC(=O)CCCCCCCCCCCCCCCCCCC(C)C)COC(=O)CCCCCCCCCCCCCCCCC(C)CC. The van der Waals surface area contributed by atoms with Gasteiger partial charge in [0.25, 0.3) is 0 Å². The second-order valence-electron chi connectivity index (χ2n) is 23.5. The summed E-state index contributed by atoms with van der Waals surface area (Å²) in [6.07, 6.45) is 65.2. The molecule has 0 saturated heterocycles. The Morgan fingerprint density at radius 1 is 0.292 bits per heavy atom. The third kappa shape index (κ3) is 57.7. The van der Waals surface area contributed by atoms with Gasteiger partial charge in [0.15, 0.2) is 6.10 Å². The summed E-state index contributed by atoms with van der Waals surface area (Å²) in [4.78, 5) is 38.4. The number of hydrogen-bond acceptors (Lipinski definition) is 6.